The fourth-order valence-electron chi connectivity index (χ4n) is 1.70. The van der Waals surface area contributed by atoms with Crippen molar-refractivity contribution in [1.82, 2.24) is 0 Å². The van der Waals surface area contributed by atoms with E-state index in [9.17, 15) is 4.79 Å². The molecule has 0 N–H and O–H groups in total. The standard InChI is InChI=1S/C10H16O3/c1-7-4-8(2)9(5-7)6-13-10(11)12-3/h5,7-8H,4,6H2,1-3H3. The van der Waals surface area contributed by atoms with Gasteiger partial charge >= 0.3 is 6.16 Å². The lowest BCUT2D eigenvalue weighted by atomic mass is 10.0. The molecule has 0 saturated carbocycles. The Balaban J connectivity index is 2.37. The van der Waals surface area contributed by atoms with Gasteiger partial charge in [0, 0.05) is 0 Å². The summed E-state index contributed by atoms with van der Waals surface area (Å²) in [7, 11) is 1.32. The Kier molecular flexibility index (Phi) is 3.34. The minimum absolute atomic E-state index is 0.373. The maximum Gasteiger partial charge on any atom is 0.508 e. The number of ether oxygens (including phenoxy) is 2. The number of allylic oxidation sites excluding steroid dienone is 1. The molecule has 0 aromatic carbocycles. The first kappa shape index (κ1) is 10.1. The zero-order chi connectivity index (χ0) is 9.84. The van der Waals surface area contributed by atoms with E-state index >= 15 is 0 Å². The van der Waals surface area contributed by atoms with Gasteiger partial charge in [-0.05, 0) is 23.8 Å². The van der Waals surface area contributed by atoms with Gasteiger partial charge < -0.3 is 9.47 Å². The third-order valence-corrected chi connectivity index (χ3v) is 2.38. The molecule has 1 aliphatic carbocycles. The Morgan fingerprint density at radius 2 is 2.31 bits per heavy atom. The van der Waals surface area contributed by atoms with Crippen LogP contribution in [-0.4, -0.2) is 19.9 Å². The molecule has 3 heteroatoms. The molecule has 0 aromatic heterocycles. The summed E-state index contributed by atoms with van der Waals surface area (Å²) in [4.78, 5) is 10.7. The van der Waals surface area contributed by atoms with Crippen LogP contribution in [0.5, 0.6) is 0 Å². The number of hydrogen-bond donors (Lipinski definition) is 0. The Morgan fingerprint density at radius 3 is 2.77 bits per heavy atom. The van der Waals surface area contributed by atoms with E-state index in [0.717, 1.165) is 6.42 Å². The summed E-state index contributed by atoms with van der Waals surface area (Å²) in [5.41, 5.74) is 1.21. The Bertz CT molecular complexity index is 220. The van der Waals surface area contributed by atoms with Crippen LogP contribution in [0.1, 0.15) is 20.3 Å². The highest BCUT2D eigenvalue weighted by molar-refractivity contribution is 5.59. The zero-order valence-electron chi connectivity index (χ0n) is 8.37. The number of methoxy groups -OCH3 is 1. The zero-order valence-corrected chi connectivity index (χ0v) is 8.37. The first-order valence-corrected chi connectivity index (χ1v) is 4.54. The summed E-state index contributed by atoms with van der Waals surface area (Å²) in [6.07, 6.45) is 2.72. The minimum Gasteiger partial charge on any atom is -0.438 e. The molecule has 0 saturated heterocycles. The van der Waals surface area contributed by atoms with Gasteiger partial charge in [0.2, 0.25) is 0 Å². The second-order valence-corrected chi connectivity index (χ2v) is 3.60. The van der Waals surface area contributed by atoms with Crippen LogP contribution >= 0.6 is 0 Å². The Hall–Kier alpha value is -0.990. The van der Waals surface area contributed by atoms with Gasteiger partial charge in [0.05, 0.1) is 7.11 Å². The molecular formula is C10H16O3. The topological polar surface area (TPSA) is 35.5 Å². The molecule has 13 heavy (non-hydrogen) atoms. The highest BCUT2D eigenvalue weighted by Crippen LogP contribution is 2.29. The summed E-state index contributed by atoms with van der Waals surface area (Å²) >= 11 is 0. The van der Waals surface area contributed by atoms with Crippen molar-refractivity contribution in [2.45, 2.75) is 20.3 Å². The average Bonchev–Trinajstić information content (AvgIpc) is 2.41. The highest BCUT2D eigenvalue weighted by atomic mass is 16.7. The van der Waals surface area contributed by atoms with Gasteiger partial charge in [-0.3, -0.25) is 0 Å². The molecule has 0 radical (unpaired) electrons. The molecule has 2 atom stereocenters. The highest BCUT2D eigenvalue weighted by Gasteiger charge is 2.20. The molecule has 1 rings (SSSR count). The van der Waals surface area contributed by atoms with E-state index in [1.165, 1.54) is 12.7 Å². The summed E-state index contributed by atoms with van der Waals surface area (Å²) in [6, 6.07) is 0. The van der Waals surface area contributed by atoms with Crippen molar-refractivity contribution in [2.75, 3.05) is 13.7 Å². The van der Waals surface area contributed by atoms with E-state index in [4.69, 9.17) is 4.74 Å². The lowest BCUT2D eigenvalue weighted by molar-refractivity contribution is 0.0785. The van der Waals surface area contributed by atoms with Gasteiger partial charge in [-0.15, -0.1) is 0 Å². The van der Waals surface area contributed by atoms with Crippen LogP contribution in [0, 0.1) is 11.8 Å². The first-order valence-electron chi connectivity index (χ1n) is 4.54. The fourth-order valence-corrected chi connectivity index (χ4v) is 1.70. The van der Waals surface area contributed by atoms with Crippen molar-refractivity contribution < 1.29 is 14.3 Å². The van der Waals surface area contributed by atoms with Crippen molar-refractivity contribution in [3.05, 3.63) is 11.6 Å². The summed E-state index contributed by atoms with van der Waals surface area (Å²) in [6.45, 7) is 4.69. The van der Waals surface area contributed by atoms with Gasteiger partial charge in [0.15, 0.2) is 0 Å². The van der Waals surface area contributed by atoms with E-state index < -0.39 is 6.16 Å². The van der Waals surface area contributed by atoms with Crippen LogP contribution in [0.2, 0.25) is 0 Å². The van der Waals surface area contributed by atoms with E-state index in [2.05, 4.69) is 24.7 Å². The van der Waals surface area contributed by atoms with Crippen LogP contribution in [-0.2, 0) is 9.47 Å². The van der Waals surface area contributed by atoms with Gasteiger partial charge in [-0.25, -0.2) is 4.79 Å². The number of rotatable bonds is 2. The molecule has 0 aliphatic heterocycles. The van der Waals surface area contributed by atoms with Crippen LogP contribution < -0.4 is 0 Å². The molecule has 0 bridgehead atoms. The molecule has 74 valence electrons. The quantitative estimate of drug-likeness (QED) is 0.488. The van der Waals surface area contributed by atoms with Crippen molar-refractivity contribution in [3.8, 4) is 0 Å². The SMILES string of the molecule is COC(=O)OCC1=CC(C)CC1C. The number of carbonyl (C=O) groups excluding carboxylic acids is 1. The average molecular weight is 184 g/mol. The normalized spacial score (nSPS) is 26.8. The van der Waals surface area contributed by atoms with Crippen LogP contribution in [0.4, 0.5) is 4.79 Å². The molecule has 0 aromatic rings. The lowest BCUT2D eigenvalue weighted by Gasteiger charge is -2.08. The maximum atomic E-state index is 10.7. The molecular weight excluding hydrogens is 168 g/mol. The van der Waals surface area contributed by atoms with Crippen molar-refractivity contribution in [1.29, 1.82) is 0 Å². The number of carbonyl (C=O) groups is 1. The van der Waals surface area contributed by atoms with Gasteiger partial charge in [-0.2, -0.15) is 0 Å². The molecule has 0 fully saturated rings. The Morgan fingerprint density at radius 1 is 1.62 bits per heavy atom. The van der Waals surface area contributed by atoms with Crippen LogP contribution in [0.3, 0.4) is 0 Å². The third-order valence-electron chi connectivity index (χ3n) is 2.38. The van der Waals surface area contributed by atoms with E-state index in [1.54, 1.807) is 0 Å². The Labute approximate surface area is 78.7 Å². The summed E-state index contributed by atoms with van der Waals surface area (Å²) in [5, 5.41) is 0. The van der Waals surface area contributed by atoms with Crippen LogP contribution in [0.25, 0.3) is 0 Å². The minimum atomic E-state index is -0.604. The number of hydrogen-bond acceptors (Lipinski definition) is 3. The third kappa shape index (κ3) is 2.76. The van der Waals surface area contributed by atoms with Crippen molar-refractivity contribution in [3.63, 3.8) is 0 Å². The summed E-state index contributed by atoms with van der Waals surface area (Å²) < 4.78 is 9.25. The predicted octanol–water partition coefficient (Wildman–Crippen LogP) is 2.37. The van der Waals surface area contributed by atoms with Gasteiger partial charge in [0.1, 0.15) is 6.61 Å². The van der Waals surface area contributed by atoms with Gasteiger partial charge in [0.25, 0.3) is 0 Å². The lowest BCUT2D eigenvalue weighted by Crippen LogP contribution is -2.09. The molecule has 1 aliphatic rings. The second kappa shape index (κ2) is 4.30. The maximum absolute atomic E-state index is 10.7. The predicted molar refractivity (Wildman–Crippen MR) is 49.4 cm³/mol. The van der Waals surface area contributed by atoms with Crippen molar-refractivity contribution in [2.24, 2.45) is 11.8 Å². The molecule has 0 spiro atoms. The monoisotopic (exact) mass is 184 g/mol. The van der Waals surface area contributed by atoms with E-state index in [1.807, 2.05) is 0 Å². The van der Waals surface area contributed by atoms with E-state index in [-0.39, 0.29) is 0 Å². The molecule has 3 nitrogen and oxygen atoms in total. The first-order chi connectivity index (χ1) is 6.13. The fraction of sp³-hybridized carbons (Fsp3) is 0.700. The van der Waals surface area contributed by atoms with Gasteiger partial charge in [-0.1, -0.05) is 19.9 Å². The smallest absolute Gasteiger partial charge is 0.438 e. The van der Waals surface area contributed by atoms with Crippen LogP contribution in [0.15, 0.2) is 11.6 Å². The summed E-state index contributed by atoms with van der Waals surface area (Å²) in [5.74, 6) is 1.13. The molecule has 2 unspecified atom stereocenters. The largest absolute Gasteiger partial charge is 0.508 e. The van der Waals surface area contributed by atoms with Crippen molar-refractivity contribution >= 4 is 6.16 Å². The molecule has 0 heterocycles. The second-order valence-electron chi connectivity index (χ2n) is 3.60. The van der Waals surface area contributed by atoms with E-state index in [0.29, 0.717) is 18.4 Å². The molecule has 0 amide bonds.